The largest absolute Gasteiger partial charge is 0.342 e. The van der Waals surface area contributed by atoms with Crippen molar-refractivity contribution in [3.63, 3.8) is 0 Å². The number of likely N-dealkylation sites (N-methyl/N-ethyl adjacent to an activating group) is 1. The van der Waals surface area contributed by atoms with Crippen molar-refractivity contribution in [3.05, 3.63) is 0 Å². The zero-order chi connectivity index (χ0) is 13.2. The van der Waals surface area contributed by atoms with Crippen LogP contribution in [0.15, 0.2) is 0 Å². The van der Waals surface area contributed by atoms with E-state index in [-0.39, 0.29) is 29.8 Å². The Hall–Kier alpha value is -1.06. The van der Waals surface area contributed by atoms with Crippen LogP contribution in [0, 0.1) is 5.92 Å². The van der Waals surface area contributed by atoms with E-state index in [0.717, 1.165) is 19.4 Å². The predicted octanol–water partition coefficient (Wildman–Crippen LogP) is 1.50. The number of rotatable bonds is 3. The van der Waals surface area contributed by atoms with E-state index in [1.165, 1.54) is 0 Å². The molecule has 1 unspecified atom stereocenters. The van der Waals surface area contributed by atoms with Crippen LogP contribution in [0.1, 0.15) is 40.5 Å². The lowest BCUT2D eigenvalue weighted by atomic mass is 10.1. The third kappa shape index (κ3) is 2.99. The first-order chi connectivity index (χ1) is 7.86. The topological polar surface area (TPSA) is 40.6 Å². The van der Waals surface area contributed by atoms with Crippen LogP contribution in [-0.4, -0.2) is 47.3 Å². The zero-order valence-electron chi connectivity index (χ0n) is 11.6. The molecule has 0 aliphatic carbocycles. The molecule has 1 fully saturated rings. The van der Waals surface area contributed by atoms with Gasteiger partial charge in [-0.05, 0) is 26.7 Å². The number of nitrogens with zero attached hydrogens (tertiary/aromatic N) is 2. The molecular formula is C13H24N2O2. The molecule has 17 heavy (non-hydrogen) atoms. The molecular weight excluding hydrogens is 216 g/mol. The standard InChI is InChI=1S/C13H24N2O2/c1-9(2)12(16)15-8-6-7-11(15)13(17)14(5)10(3)4/h9-11H,6-8H2,1-5H3. The Labute approximate surface area is 104 Å². The van der Waals surface area contributed by atoms with Crippen molar-refractivity contribution < 1.29 is 9.59 Å². The number of likely N-dealkylation sites (tertiary alicyclic amines) is 1. The monoisotopic (exact) mass is 240 g/mol. The summed E-state index contributed by atoms with van der Waals surface area (Å²) in [6, 6.07) is -0.0589. The highest BCUT2D eigenvalue weighted by Gasteiger charge is 2.36. The van der Waals surface area contributed by atoms with Gasteiger partial charge >= 0.3 is 0 Å². The number of hydrogen-bond donors (Lipinski definition) is 0. The molecule has 0 aromatic heterocycles. The van der Waals surface area contributed by atoms with Gasteiger partial charge in [-0.3, -0.25) is 9.59 Å². The molecule has 0 N–H and O–H groups in total. The summed E-state index contributed by atoms with van der Waals surface area (Å²) >= 11 is 0. The van der Waals surface area contributed by atoms with Gasteiger partial charge < -0.3 is 9.80 Å². The van der Waals surface area contributed by atoms with E-state index in [2.05, 4.69) is 0 Å². The smallest absolute Gasteiger partial charge is 0.245 e. The molecule has 1 heterocycles. The molecule has 98 valence electrons. The molecule has 1 aliphatic rings. The maximum Gasteiger partial charge on any atom is 0.245 e. The van der Waals surface area contributed by atoms with Gasteiger partial charge in [-0.15, -0.1) is 0 Å². The highest BCUT2D eigenvalue weighted by atomic mass is 16.2. The lowest BCUT2D eigenvalue weighted by Crippen LogP contribution is -2.49. The van der Waals surface area contributed by atoms with Crippen LogP contribution in [-0.2, 0) is 9.59 Å². The Balaban J connectivity index is 2.76. The number of hydrogen-bond acceptors (Lipinski definition) is 2. The Morgan fingerprint density at radius 2 is 1.82 bits per heavy atom. The normalized spacial score (nSPS) is 20.2. The third-order valence-corrected chi connectivity index (χ3v) is 3.44. The maximum atomic E-state index is 12.3. The third-order valence-electron chi connectivity index (χ3n) is 3.44. The highest BCUT2D eigenvalue weighted by Crippen LogP contribution is 2.21. The summed E-state index contributed by atoms with van der Waals surface area (Å²) in [6.45, 7) is 8.46. The Morgan fingerprint density at radius 1 is 1.24 bits per heavy atom. The molecule has 0 aromatic carbocycles. The highest BCUT2D eigenvalue weighted by molar-refractivity contribution is 5.88. The van der Waals surface area contributed by atoms with E-state index in [0.29, 0.717) is 0 Å². The second-order valence-corrected chi connectivity index (χ2v) is 5.39. The van der Waals surface area contributed by atoms with Crippen molar-refractivity contribution >= 4 is 11.8 Å². The number of carbonyl (C=O) groups excluding carboxylic acids is 2. The first-order valence-electron chi connectivity index (χ1n) is 6.43. The minimum atomic E-state index is -0.239. The fourth-order valence-corrected chi connectivity index (χ4v) is 2.11. The Morgan fingerprint density at radius 3 is 2.29 bits per heavy atom. The molecule has 0 radical (unpaired) electrons. The van der Waals surface area contributed by atoms with Crippen molar-refractivity contribution in [3.8, 4) is 0 Å². The van der Waals surface area contributed by atoms with E-state index in [4.69, 9.17) is 0 Å². The van der Waals surface area contributed by atoms with Crippen LogP contribution in [0.3, 0.4) is 0 Å². The summed E-state index contributed by atoms with van der Waals surface area (Å²) in [7, 11) is 1.81. The molecule has 4 nitrogen and oxygen atoms in total. The van der Waals surface area contributed by atoms with Crippen LogP contribution < -0.4 is 0 Å². The lowest BCUT2D eigenvalue weighted by Gasteiger charge is -2.31. The van der Waals surface area contributed by atoms with Crippen LogP contribution in [0.2, 0.25) is 0 Å². The zero-order valence-corrected chi connectivity index (χ0v) is 11.6. The second kappa shape index (κ2) is 5.52. The van der Waals surface area contributed by atoms with Crippen molar-refractivity contribution in [2.45, 2.75) is 52.6 Å². The van der Waals surface area contributed by atoms with Crippen LogP contribution in [0.4, 0.5) is 0 Å². The van der Waals surface area contributed by atoms with E-state index in [1.54, 1.807) is 9.80 Å². The van der Waals surface area contributed by atoms with E-state index < -0.39 is 0 Å². The van der Waals surface area contributed by atoms with Gasteiger partial charge in [-0.1, -0.05) is 13.8 Å². The van der Waals surface area contributed by atoms with Gasteiger partial charge in [-0.2, -0.15) is 0 Å². The molecule has 1 atom stereocenters. The molecule has 0 bridgehead atoms. The van der Waals surface area contributed by atoms with E-state index in [1.807, 2.05) is 34.7 Å². The summed E-state index contributed by atoms with van der Waals surface area (Å²) < 4.78 is 0. The summed E-state index contributed by atoms with van der Waals surface area (Å²) in [4.78, 5) is 27.8. The minimum Gasteiger partial charge on any atom is -0.342 e. The summed E-state index contributed by atoms with van der Waals surface area (Å²) in [5.41, 5.74) is 0. The average molecular weight is 240 g/mol. The number of carbonyl (C=O) groups is 2. The van der Waals surface area contributed by atoms with Crippen LogP contribution >= 0.6 is 0 Å². The quantitative estimate of drug-likeness (QED) is 0.750. The molecule has 1 aliphatic heterocycles. The minimum absolute atomic E-state index is 0.0345. The fraction of sp³-hybridized carbons (Fsp3) is 0.846. The van der Waals surface area contributed by atoms with Crippen molar-refractivity contribution in [2.75, 3.05) is 13.6 Å². The SMILES string of the molecule is CC(C)C(=O)N1CCCC1C(=O)N(C)C(C)C. The summed E-state index contributed by atoms with van der Waals surface area (Å²) in [5, 5.41) is 0. The molecule has 0 aromatic rings. The van der Waals surface area contributed by atoms with Gasteiger partial charge in [0.15, 0.2) is 0 Å². The number of amides is 2. The summed E-state index contributed by atoms with van der Waals surface area (Å²) in [5.74, 6) is 0.136. The molecule has 0 spiro atoms. The Kier molecular flexibility index (Phi) is 4.54. The van der Waals surface area contributed by atoms with Crippen LogP contribution in [0.5, 0.6) is 0 Å². The lowest BCUT2D eigenvalue weighted by molar-refractivity contribution is -0.145. The molecule has 1 saturated heterocycles. The molecule has 2 amide bonds. The van der Waals surface area contributed by atoms with Gasteiger partial charge in [0.2, 0.25) is 11.8 Å². The predicted molar refractivity (Wildman–Crippen MR) is 67.5 cm³/mol. The molecule has 1 rings (SSSR count). The van der Waals surface area contributed by atoms with Gasteiger partial charge in [-0.25, -0.2) is 0 Å². The maximum absolute atomic E-state index is 12.3. The van der Waals surface area contributed by atoms with Crippen molar-refractivity contribution in [2.24, 2.45) is 5.92 Å². The van der Waals surface area contributed by atoms with Crippen molar-refractivity contribution in [1.82, 2.24) is 9.80 Å². The average Bonchev–Trinajstić information content (AvgIpc) is 2.74. The van der Waals surface area contributed by atoms with Gasteiger partial charge in [0.1, 0.15) is 6.04 Å². The molecule has 4 heteroatoms. The van der Waals surface area contributed by atoms with E-state index >= 15 is 0 Å². The fourth-order valence-electron chi connectivity index (χ4n) is 2.11. The van der Waals surface area contributed by atoms with Crippen molar-refractivity contribution in [1.29, 1.82) is 0 Å². The second-order valence-electron chi connectivity index (χ2n) is 5.39. The van der Waals surface area contributed by atoms with Gasteiger partial charge in [0, 0.05) is 25.6 Å². The first kappa shape index (κ1) is 14.0. The molecule has 0 saturated carbocycles. The first-order valence-corrected chi connectivity index (χ1v) is 6.43. The van der Waals surface area contributed by atoms with Gasteiger partial charge in [0.25, 0.3) is 0 Å². The van der Waals surface area contributed by atoms with Gasteiger partial charge in [0.05, 0.1) is 0 Å². The Bertz CT molecular complexity index is 300. The van der Waals surface area contributed by atoms with E-state index in [9.17, 15) is 9.59 Å². The summed E-state index contributed by atoms with van der Waals surface area (Å²) in [6.07, 6.45) is 1.73. The van der Waals surface area contributed by atoms with Crippen LogP contribution in [0.25, 0.3) is 0 Å².